The first-order valence-electron chi connectivity index (χ1n) is 6.39. The van der Waals surface area contributed by atoms with E-state index in [9.17, 15) is 9.90 Å². The average molecular weight is 336 g/mol. The summed E-state index contributed by atoms with van der Waals surface area (Å²) in [6, 6.07) is 5.87. The Kier molecular flexibility index (Phi) is 3.30. The number of carboxylic acids is 1. The van der Waals surface area contributed by atoms with Gasteiger partial charge in [-0.05, 0) is 36.2 Å². The van der Waals surface area contributed by atoms with Crippen LogP contribution in [0.4, 0.5) is 0 Å². The van der Waals surface area contributed by atoms with E-state index in [1.54, 1.807) is 10.8 Å². The highest BCUT2D eigenvalue weighted by molar-refractivity contribution is 9.10. The smallest absolute Gasteiger partial charge is 0.352 e. The Morgan fingerprint density at radius 3 is 3.05 bits per heavy atom. The van der Waals surface area contributed by atoms with E-state index >= 15 is 0 Å². The average Bonchev–Trinajstić information content (AvgIpc) is 2.95. The number of aromatic carboxylic acids is 1. The lowest BCUT2D eigenvalue weighted by Gasteiger charge is -2.12. The van der Waals surface area contributed by atoms with Crippen molar-refractivity contribution in [1.82, 2.24) is 4.57 Å². The minimum atomic E-state index is -0.903. The summed E-state index contributed by atoms with van der Waals surface area (Å²) < 4.78 is 8.43. The second-order valence-electron chi connectivity index (χ2n) is 4.93. The summed E-state index contributed by atoms with van der Waals surface area (Å²) in [6.07, 6.45) is 2.71. The van der Waals surface area contributed by atoms with Gasteiger partial charge in [0.15, 0.2) is 0 Å². The summed E-state index contributed by atoms with van der Waals surface area (Å²) in [5, 5.41) is 9.30. The zero-order chi connectivity index (χ0) is 14.3. The highest BCUT2D eigenvalue weighted by Crippen LogP contribution is 2.33. The molecule has 2 heterocycles. The lowest BCUT2D eigenvalue weighted by molar-refractivity contribution is 0.0685. The summed E-state index contributed by atoms with van der Waals surface area (Å²) >= 11 is 3.50. The van der Waals surface area contributed by atoms with Crippen LogP contribution in [0.1, 0.15) is 27.2 Å². The largest absolute Gasteiger partial charge is 0.493 e. The van der Waals surface area contributed by atoms with Crippen LogP contribution in [0.15, 0.2) is 28.9 Å². The molecule has 3 rings (SSSR count). The number of carboxylic acid groups (broad SMARTS) is 1. The Labute approximate surface area is 125 Å². The number of rotatable bonds is 3. The molecule has 0 saturated carbocycles. The number of aryl methyl sites for hydroxylation is 1. The Balaban J connectivity index is 2.03. The molecule has 1 aromatic carbocycles. The first-order chi connectivity index (χ1) is 9.56. The van der Waals surface area contributed by atoms with E-state index in [4.69, 9.17) is 4.74 Å². The van der Waals surface area contributed by atoms with Gasteiger partial charge in [-0.25, -0.2) is 4.79 Å². The van der Waals surface area contributed by atoms with Crippen LogP contribution in [0.5, 0.6) is 5.75 Å². The number of halogens is 1. The zero-order valence-electron chi connectivity index (χ0n) is 11.0. The fraction of sp³-hybridized carbons (Fsp3) is 0.267. The maximum Gasteiger partial charge on any atom is 0.352 e. The van der Waals surface area contributed by atoms with E-state index in [0.29, 0.717) is 18.8 Å². The van der Waals surface area contributed by atoms with Crippen molar-refractivity contribution in [3.05, 3.63) is 51.3 Å². The van der Waals surface area contributed by atoms with Gasteiger partial charge in [0.1, 0.15) is 11.4 Å². The van der Waals surface area contributed by atoms with Crippen molar-refractivity contribution in [2.75, 3.05) is 6.61 Å². The van der Waals surface area contributed by atoms with Gasteiger partial charge in [0, 0.05) is 22.7 Å². The molecule has 5 heteroatoms. The van der Waals surface area contributed by atoms with Gasteiger partial charge in [-0.3, -0.25) is 0 Å². The summed E-state index contributed by atoms with van der Waals surface area (Å²) in [7, 11) is 0. The Morgan fingerprint density at radius 2 is 2.30 bits per heavy atom. The summed E-state index contributed by atoms with van der Waals surface area (Å²) in [6.45, 7) is 2.99. The molecule has 20 heavy (non-hydrogen) atoms. The maximum absolute atomic E-state index is 11.3. The Morgan fingerprint density at radius 1 is 1.50 bits per heavy atom. The van der Waals surface area contributed by atoms with Gasteiger partial charge >= 0.3 is 5.97 Å². The molecule has 1 N–H and O–H groups in total. The SMILES string of the molecule is Cc1ccn(Cc2cc(Br)cc3c2OCC3)c1C(=O)O. The second kappa shape index (κ2) is 4.98. The van der Waals surface area contributed by atoms with Crippen LogP contribution < -0.4 is 4.74 Å². The number of fused-ring (bicyclic) bond motifs is 1. The molecule has 1 aliphatic heterocycles. The second-order valence-corrected chi connectivity index (χ2v) is 5.85. The molecule has 0 atom stereocenters. The number of hydrogen-bond acceptors (Lipinski definition) is 2. The van der Waals surface area contributed by atoms with Crippen molar-refractivity contribution < 1.29 is 14.6 Å². The van der Waals surface area contributed by atoms with Crippen LogP contribution in [0.2, 0.25) is 0 Å². The van der Waals surface area contributed by atoms with Gasteiger partial charge in [0.05, 0.1) is 13.2 Å². The molecule has 0 aliphatic carbocycles. The maximum atomic E-state index is 11.3. The Hall–Kier alpha value is -1.75. The molecular weight excluding hydrogens is 322 g/mol. The first-order valence-corrected chi connectivity index (χ1v) is 7.18. The van der Waals surface area contributed by atoms with Crippen molar-refractivity contribution in [3.8, 4) is 5.75 Å². The molecule has 4 nitrogen and oxygen atoms in total. The molecule has 0 bridgehead atoms. The van der Waals surface area contributed by atoms with Gasteiger partial charge in [0.2, 0.25) is 0 Å². The van der Waals surface area contributed by atoms with Gasteiger partial charge in [-0.2, -0.15) is 0 Å². The number of benzene rings is 1. The Bertz CT molecular complexity index is 691. The monoisotopic (exact) mass is 335 g/mol. The highest BCUT2D eigenvalue weighted by atomic mass is 79.9. The molecule has 0 fully saturated rings. The quantitative estimate of drug-likeness (QED) is 0.936. The lowest BCUT2D eigenvalue weighted by Crippen LogP contribution is -2.10. The van der Waals surface area contributed by atoms with E-state index in [2.05, 4.69) is 22.0 Å². The standard InChI is InChI=1S/C15H14BrNO3/c1-9-2-4-17(13(9)15(18)19)8-11-7-12(16)6-10-3-5-20-14(10)11/h2,4,6-7H,3,5,8H2,1H3,(H,18,19). The molecule has 0 radical (unpaired) electrons. The van der Waals surface area contributed by atoms with Gasteiger partial charge in [0.25, 0.3) is 0 Å². The third-order valence-corrected chi connectivity index (χ3v) is 3.99. The fourth-order valence-corrected chi connectivity index (χ4v) is 3.20. The molecule has 1 aliphatic rings. The van der Waals surface area contributed by atoms with E-state index in [0.717, 1.165) is 27.8 Å². The topological polar surface area (TPSA) is 51.5 Å². The third kappa shape index (κ3) is 2.22. The predicted molar refractivity (Wildman–Crippen MR) is 78.6 cm³/mol. The number of ether oxygens (including phenoxy) is 1. The normalized spacial score (nSPS) is 13.1. The third-order valence-electron chi connectivity index (χ3n) is 3.53. The van der Waals surface area contributed by atoms with Crippen LogP contribution in [-0.2, 0) is 13.0 Å². The summed E-state index contributed by atoms with van der Waals surface area (Å²) in [4.78, 5) is 11.3. The van der Waals surface area contributed by atoms with Crippen molar-refractivity contribution >= 4 is 21.9 Å². The molecule has 0 amide bonds. The number of carbonyl (C=O) groups is 1. The van der Waals surface area contributed by atoms with Crippen molar-refractivity contribution in [1.29, 1.82) is 0 Å². The first kappa shape index (κ1) is 13.2. The van der Waals surface area contributed by atoms with Crippen LogP contribution in [0.3, 0.4) is 0 Å². The van der Waals surface area contributed by atoms with Gasteiger partial charge in [-0.15, -0.1) is 0 Å². The molecule has 104 valence electrons. The summed E-state index contributed by atoms with van der Waals surface area (Å²) in [5.74, 6) is -0.00375. The molecule has 0 unspecified atom stereocenters. The van der Waals surface area contributed by atoms with E-state index in [-0.39, 0.29) is 0 Å². The van der Waals surface area contributed by atoms with Crippen LogP contribution in [-0.4, -0.2) is 22.2 Å². The lowest BCUT2D eigenvalue weighted by atomic mass is 10.1. The van der Waals surface area contributed by atoms with Gasteiger partial charge in [-0.1, -0.05) is 15.9 Å². The van der Waals surface area contributed by atoms with Crippen molar-refractivity contribution in [3.63, 3.8) is 0 Å². The number of hydrogen-bond donors (Lipinski definition) is 1. The van der Waals surface area contributed by atoms with Crippen molar-refractivity contribution in [2.24, 2.45) is 0 Å². The molecular formula is C15H14BrNO3. The molecule has 1 aromatic heterocycles. The minimum Gasteiger partial charge on any atom is -0.493 e. The molecule has 0 saturated heterocycles. The minimum absolute atomic E-state index is 0.330. The molecule has 2 aromatic rings. The van der Waals surface area contributed by atoms with Crippen molar-refractivity contribution in [2.45, 2.75) is 19.9 Å². The van der Waals surface area contributed by atoms with Gasteiger partial charge < -0.3 is 14.4 Å². The summed E-state index contributed by atoms with van der Waals surface area (Å²) in [5.41, 5.74) is 3.28. The van der Waals surface area contributed by atoms with E-state index < -0.39 is 5.97 Å². The van der Waals surface area contributed by atoms with Crippen LogP contribution in [0.25, 0.3) is 0 Å². The van der Waals surface area contributed by atoms with E-state index in [1.165, 1.54) is 5.56 Å². The highest BCUT2D eigenvalue weighted by Gasteiger charge is 2.20. The zero-order valence-corrected chi connectivity index (χ0v) is 12.6. The number of aromatic nitrogens is 1. The van der Waals surface area contributed by atoms with E-state index in [1.807, 2.05) is 19.1 Å². The fourth-order valence-electron chi connectivity index (χ4n) is 2.65. The van der Waals surface area contributed by atoms with Crippen LogP contribution >= 0.6 is 15.9 Å². The number of nitrogens with zero attached hydrogens (tertiary/aromatic N) is 1. The van der Waals surface area contributed by atoms with Crippen LogP contribution in [0, 0.1) is 6.92 Å². The predicted octanol–water partition coefficient (Wildman–Crippen LogP) is 3.24. The molecule has 0 spiro atoms.